The van der Waals surface area contributed by atoms with Crippen LogP contribution in [0.15, 0.2) is 55.1 Å². The number of carboxylic acid groups (broad SMARTS) is 1. The number of hydrogen-bond donors (Lipinski definition) is 3. The smallest absolute Gasteiger partial charge is 0.340 e. The van der Waals surface area contributed by atoms with Crippen LogP contribution in [0.3, 0.4) is 0 Å². The molecule has 0 radical (unpaired) electrons. The van der Waals surface area contributed by atoms with Gasteiger partial charge in [-0.3, -0.25) is 4.57 Å². The lowest BCUT2D eigenvalue weighted by Crippen LogP contribution is -2.15. The monoisotopic (exact) mass is 417 g/mol. The molecular formula is C21H16FN7O2. The van der Waals surface area contributed by atoms with Gasteiger partial charge in [-0.25, -0.2) is 29.1 Å². The zero-order chi connectivity index (χ0) is 21.5. The second-order valence-corrected chi connectivity index (χ2v) is 6.92. The zero-order valence-corrected chi connectivity index (χ0v) is 16.2. The summed E-state index contributed by atoms with van der Waals surface area (Å²) in [7, 11) is 0. The van der Waals surface area contributed by atoms with Crippen molar-refractivity contribution in [1.29, 1.82) is 0 Å². The number of benzene rings is 2. The number of nitrogens with one attached hydrogen (secondary N) is 2. The van der Waals surface area contributed by atoms with Crippen LogP contribution in [0.25, 0.3) is 27.9 Å². The second-order valence-electron chi connectivity index (χ2n) is 6.92. The maximum atomic E-state index is 14.5. The highest BCUT2D eigenvalue weighted by Crippen LogP contribution is 2.31. The van der Waals surface area contributed by atoms with Crippen LogP contribution in [0.2, 0.25) is 0 Å². The Kier molecular flexibility index (Phi) is 4.32. The molecule has 0 spiro atoms. The highest BCUT2D eigenvalue weighted by atomic mass is 19.1. The van der Waals surface area contributed by atoms with Crippen LogP contribution >= 0.6 is 0 Å². The predicted octanol–water partition coefficient (Wildman–Crippen LogP) is 3.70. The Balaban J connectivity index is 1.72. The number of fused-ring (bicyclic) bond motifs is 2. The number of carboxylic acids is 1. The third kappa shape index (κ3) is 3.05. The molecule has 0 saturated carbocycles. The van der Waals surface area contributed by atoms with Crippen LogP contribution < -0.4 is 5.32 Å². The van der Waals surface area contributed by atoms with Crippen LogP contribution in [0.5, 0.6) is 0 Å². The topological polar surface area (TPSA) is 122 Å². The minimum absolute atomic E-state index is 0.190. The van der Waals surface area contributed by atoms with E-state index in [2.05, 4.69) is 30.2 Å². The molecule has 154 valence electrons. The van der Waals surface area contributed by atoms with Crippen molar-refractivity contribution in [2.24, 2.45) is 0 Å². The van der Waals surface area contributed by atoms with Crippen molar-refractivity contribution in [2.75, 3.05) is 5.32 Å². The van der Waals surface area contributed by atoms with Crippen LogP contribution in [-0.2, 0) is 0 Å². The van der Waals surface area contributed by atoms with Crippen molar-refractivity contribution in [2.45, 2.75) is 13.0 Å². The number of hydrogen-bond acceptors (Lipinski definition) is 6. The average molecular weight is 417 g/mol. The van der Waals surface area contributed by atoms with E-state index in [0.717, 1.165) is 6.07 Å². The maximum Gasteiger partial charge on any atom is 0.340 e. The number of carbonyl (C=O) groups is 1. The molecule has 0 fully saturated rings. The summed E-state index contributed by atoms with van der Waals surface area (Å²) in [6.45, 7) is 1.86. The van der Waals surface area contributed by atoms with Gasteiger partial charge in [0.1, 0.15) is 29.0 Å². The van der Waals surface area contributed by atoms with E-state index >= 15 is 0 Å². The molecule has 3 aromatic heterocycles. The molecule has 31 heavy (non-hydrogen) atoms. The summed E-state index contributed by atoms with van der Waals surface area (Å²) in [5, 5.41) is 13.0. The summed E-state index contributed by atoms with van der Waals surface area (Å²) in [5.41, 5.74) is 1.94. The molecule has 5 rings (SSSR count). The van der Waals surface area contributed by atoms with E-state index in [4.69, 9.17) is 0 Å². The average Bonchev–Trinajstić information content (AvgIpc) is 3.39. The Morgan fingerprint density at radius 1 is 1.16 bits per heavy atom. The largest absolute Gasteiger partial charge is 0.478 e. The number of rotatable bonds is 5. The molecule has 0 bridgehead atoms. The molecule has 0 aliphatic carbocycles. The first-order chi connectivity index (χ1) is 15.0. The van der Waals surface area contributed by atoms with Gasteiger partial charge >= 0.3 is 5.97 Å². The van der Waals surface area contributed by atoms with Crippen molar-refractivity contribution >= 4 is 34.0 Å². The van der Waals surface area contributed by atoms with E-state index in [1.54, 1.807) is 4.57 Å². The molecule has 9 nitrogen and oxygen atoms in total. The minimum Gasteiger partial charge on any atom is -0.478 e. The molecule has 0 aliphatic rings. The number of para-hydroxylation sites is 1. The number of imidazole rings is 2. The molecular weight excluding hydrogens is 401 g/mol. The van der Waals surface area contributed by atoms with Crippen LogP contribution in [0, 0.1) is 5.82 Å². The Morgan fingerprint density at radius 3 is 2.74 bits per heavy atom. The molecule has 1 atom stereocenters. The molecule has 0 amide bonds. The van der Waals surface area contributed by atoms with Crippen LogP contribution in [0.1, 0.15) is 29.1 Å². The number of nitrogens with zero attached hydrogens (tertiary/aromatic N) is 5. The first-order valence-corrected chi connectivity index (χ1v) is 9.44. The van der Waals surface area contributed by atoms with E-state index in [1.807, 2.05) is 37.3 Å². The molecule has 0 aliphatic heterocycles. The van der Waals surface area contributed by atoms with Gasteiger partial charge in [0.15, 0.2) is 11.5 Å². The summed E-state index contributed by atoms with van der Waals surface area (Å²) in [4.78, 5) is 32.1. The third-order valence-electron chi connectivity index (χ3n) is 4.98. The van der Waals surface area contributed by atoms with Gasteiger partial charge in [-0.2, -0.15) is 0 Å². The second kappa shape index (κ2) is 7.17. The van der Waals surface area contributed by atoms with Gasteiger partial charge in [0.2, 0.25) is 0 Å². The molecule has 3 N–H and O–H groups in total. The normalized spacial score (nSPS) is 12.3. The van der Waals surface area contributed by atoms with E-state index in [1.165, 1.54) is 18.7 Å². The van der Waals surface area contributed by atoms with Gasteiger partial charge < -0.3 is 15.4 Å². The van der Waals surface area contributed by atoms with Crippen molar-refractivity contribution in [1.82, 2.24) is 29.5 Å². The fourth-order valence-corrected chi connectivity index (χ4v) is 3.63. The number of anilines is 1. The summed E-state index contributed by atoms with van der Waals surface area (Å²) in [6.07, 6.45) is 2.93. The third-order valence-corrected chi connectivity index (χ3v) is 4.98. The van der Waals surface area contributed by atoms with E-state index in [9.17, 15) is 14.3 Å². The van der Waals surface area contributed by atoms with Gasteiger partial charge in [-0.15, -0.1) is 0 Å². The summed E-state index contributed by atoms with van der Waals surface area (Å²) in [5.74, 6) is -1.19. The number of halogens is 1. The van der Waals surface area contributed by atoms with Crippen molar-refractivity contribution in [3.63, 3.8) is 0 Å². The highest BCUT2D eigenvalue weighted by Gasteiger charge is 2.25. The number of H-pyrrole nitrogens is 1. The SMILES string of the molecule is C[C@H](Nc1ncnc2[nH]cnc12)c1nc2ccc(F)c(C(=O)O)c2n1-c1ccccc1. The number of aromatic carboxylic acids is 1. The summed E-state index contributed by atoms with van der Waals surface area (Å²) in [6, 6.07) is 11.3. The van der Waals surface area contributed by atoms with Crippen molar-refractivity contribution in [3.8, 4) is 5.69 Å². The lowest BCUT2D eigenvalue weighted by Gasteiger charge is -2.17. The molecule has 0 saturated heterocycles. The van der Waals surface area contributed by atoms with Crippen molar-refractivity contribution < 1.29 is 14.3 Å². The molecule has 0 unspecified atom stereocenters. The van der Waals surface area contributed by atoms with Gasteiger partial charge in [-0.05, 0) is 31.2 Å². The van der Waals surface area contributed by atoms with Gasteiger partial charge in [-0.1, -0.05) is 18.2 Å². The molecule has 10 heteroatoms. The van der Waals surface area contributed by atoms with Crippen molar-refractivity contribution in [3.05, 3.63) is 72.3 Å². The maximum absolute atomic E-state index is 14.5. The Bertz CT molecular complexity index is 1430. The quantitative estimate of drug-likeness (QED) is 0.399. The fourth-order valence-electron chi connectivity index (χ4n) is 3.63. The van der Waals surface area contributed by atoms with Gasteiger partial charge in [0, 0.05) is 5.69 Å². The molecule has 3 heterocycles. The summed E-state index contributed by atoms with van der Waals surface area (Å²) < 4.78 is 16.2. The minimum atomic E-state index is -1.36. The first kappa shape index (κ1) is 18.7. The van der Waals surface area contributed by atoms with E-state index in [0.29, 0.717) is 34.0 Å². The first-order valence-electron chi connectivity index (χ1n) is 9.44. The summed E-state index contributed by atoms with van der Waals surface area (Å²) >= 11 is 0. The number of aromatic amines is 1. The van der Waals surface area contributed by atoms with E-state index in [-0.39, 0.29) is 5.52 Å². The Labute approximate surface area is 174 Å². The lowest BCUT2D eigenvalue weighted by molar-refractivity contribution is 0.0694. The molecule has 5 aromatic rings. The highest BCUT2D eigenvalue weighted by molar-refractivity contribution is 6.02. The zero-order valence-electron chi connectivity index (χ0n) is 16.2. The predicted molar refractivity (Wildman–Crippen MR) is 112 cm³/mol. The Morgan fingerprint density at radius 2 is 1.97 bits per heavy atom. The lowest BCUT2D eigenvalue weighted by atomic mass is 10.1. The van der Waals surface area contributed by atoms with Crippen LogP contribution in [-0.4, -0.2) is 40.6 Å². The fraction of sp³-hybridized carbons (Fsp3) is 0.0952. The Hall–Kier alpha value is -4.34. The van der Waals surface area contributed by atoms with Gasteiger partial charge in [0.05, 0.1) is 23.4 Å². The van der Waals surface area contributed by atoms with Gasteiger partial charge in [0.25, 0.3) is 0 Å². The number of aromatic nitrogens is 6. The van der Waals surface area contributed by atoms with Crippen LogP contribution in [0.4, 0.5) is 10.2 Å². The van der Waals surface area contributed by atoms with E-state index < -0.39 is 23.4 Å². The standard InChI is InChI=1S/C21H16FN7O2/c1-11(27-19-16-18(24-9-23-16)25-10-26-19)20-28-14-8-7-13(22)15(21(30)31)17(14)29(20)12-5-3-2-4-6-12/h2-11H,1H3,(H,30,31)(H2,23,24,25,26,27)/t11-/m0/s1. The molecule has 2 aromatic carbocycles.